The molecular weight excluding hydrogens is 469 g/mol. The minimum atomic E-state index is -0.470. The maximum absolute atomic E-state index is 13.6. The van der Waals surface area contributed by atoms with Gasteiger partial charge in [0.15, 0.2) is 0 Å². The van der Waals surface area contributed by atoms with E-state index in [1.54, 1.807) is 64.1 Å². The maximum atomic E-state index is 13.6. The van der Waals surface area contributed by atoms with Gasteiger partial charge in [-0.05, 0) is 74.0 Å². The van der Waals surface area contributed by atoms with Gasteiger partial charge in [0.05, 0.1) is 22.6 Å². The molecule has 34 heavy (non-hydrogen) atoms. The number of amides is 1. The van der Waals surface area contributed by atoms with E-state index in [0.29, 0.717) is 44.6 Å². The molecule has 1 amide bonds. The number of aromatic nitrogens is 2. The fraction of sp³-hybridized carbons (Fsp3) is 0.222. The predicted molar refractivity (Wildman–Crippen MR) is 138 cm³/mol. The molecule has 0 aliphatic carbocycles. The normalized spacial score (nSPS) is 12.0. The molecule has 1 atom stereocenters. The summed E-state index contributed by atoms with van der Waals surface area (Å²) >= 11 is 12.1. The zero-order chi connectivity index (χ0) is 24.2. The molecule has 0 saturated carbocycles. The lowest BCUT2D eigenvalue weighted by molar-refractivity contribution is 0.0678. The third kappa shape index (κ3) is 4.86. The molecule has 0 radical (unpaired) electrons. The molecule has 3 aromatic carbocycles. The number of benzene rings is 3. The van der Waals surface area contributed by atoms with Crippen molar-refractivity contribution >= 4 is 40.0 Å². The molecular formula is C27H25Cl2N3O2. The fourth-order valence-corrected chi connectivity index (χ4v) is 4.22. The van der Waals surface area contributed by atoms with Crippen molar-refractivity contribution in [3.05, 3.63) is 105 Å². The summed E-state index contributed by atoms with van der Waals surface area (Å²) in [6.07, 6.45) is 1.74. The van der Waals surface area contributed by atoms with Crippen molar-refractivity contribution < 1.29 is 4.79 Å². The molecule has 0 spiro atoms. The summed E-state index contributed by atoms with van der Waals surface area (Å²) in [5.74, 6) is 0.354. The maximum Gasteiger partial charge on any atom is 0.266 e. The lowest BCUT2D eigenvalue weighted by atomic mass is 10.1. The van der Waals surface area contributed by atoms with Crippen molar-refractivity contribution in [1.29, 1.82) is 0 Å². The molecule has 5 nitrogen and oxygen atoms in total. The highest BCUT2D eigenvalue weighted by Gasteiger charge is 2.27. The van der Waals surface area contributed by atoms with Crippen LogP contribution in [-0.2, 0) is 0 Å². The minimum absolute atomic E-state index is 0.136. The quantitative estimate of drug-likeness (QED) is 0.288. The Labute approximate surface area is 208 Å². The van der Waals surface area contributed by atoms with Gasteiger partial charge in [0, 0.05) is 22.2 Å². The summed E-state index contributed by atoms with van der Waals surface area (Å²) in [5, 5.41) is 1.65. The second kappa shape index (κ2) is 10.4. The summed E-state index contributed by atoms with van der Waals surface area (Å²) in [7, 11) is 0. The van der Waals surface area contributed by atoms with E-state index in [1.807, 2.05) is 25.1 Å². The number of carbonyl (C=O) groups is 1. The average Bonchev–Trinajstić information content (AvgIpc) is 2.85. The van der Waals surface area contributed by atoms with Gasteiger partial charge in [-0.2, -0.15) is 0 Å². The highest BCUT2D eigenvalue weighted by Crippen LogP contribution is 2.26. The number of hydrogen-bond donors (Lipinski definition) is 0. The molecule has 0 aliphatic rings. The van der Waals surface area contributed by atoms with Crippen molar-refractivity contribution in [2.75, 3.05) is 6.54 Å². The number of fused-ring (bicyclic) bond motifs is 1. The number of rotatable bonds is 7. The van der Waals surface area contributed by atoms with Crippen molar-refractivity contribution in [3.63, 3.8) is 0 Å². The smallest absolute Gasteiger partial charge is 0.266 e. The fourth-order valence-electron chi connectivity index (χ4n) is 3.97. The Balaban J connectivity index is 1.88. The molecule has 0 aliphatic heterocycles. The summed E-state index contributed by atoms with van der Waals surface area (Å²) in [5.41, 5.74) is 1.58. The van der Waals surface area contributed by atoms with E-state index in [-0.39, 0.29) is 11.5 Å². The van der Waals surface area contributed by atoms with Crippen molar-refractivity contribution in [2.45, 2.75) is 32.7 Å². The zero-order valence-corrected chi connectivity index (χ0v) is 20.6. The van der Waals surface area contributed by atoms with E-state index >= 15 is 0 Å². The van der Waals surface area contributed by atoms with Gasteiger partial charge in [-0.1, -0.05) is 48.7 Å². The largest absolute Gasteiger partial charge is 0.329 e. The molecule has 0 bridgehead atoms. The SMILES string of the molecule is CCCCN(C(=O)c1ccc(Cl)cc1)C(C)c1nc2ccccc2c(=O)n1-c1ccc(Cl)cc1. The molecule has 1 aromatic heterocycles. The van der Waals surface area contributed by atoms with Crippen LogP contribution >= 0.6 is 23.2 Å². The van der Waals surface area contributed by atoms with Crippen LogP contribution in [0.5, 0.6) is 0 Å². The number of carbonyl (C=O) groups excluding carboxylic acids is 1. The summed E-state index contributed by atoms with van der Waals surface area (Å²) in [4.78, 5) is 33.8. The first-order chi connectivity index (χ1) is 16.4. The lowest BCUT2D eigenvalue weighted by Gasteiger charge is -2.30. The monoisotopic (exact) mass is 493 g/mol. The Morgan fingerprint density at radius 3 is 2.24 bits per heavy atom. The molecule has 174 valence electrons. The van der Waals surface area contributed by atoms with Gasteiger partial charge in [0.25, 0.3) is 11.5 Å². The molecule has 7 heteroatoms. The number of hydrogen-bond acceptors (Lipinski definition) is 3. The van der Waals surface area contributed by atoms with Crippen LogP contribution in [0.1, 0.15) is 48.9 Å². The van der Waals surface area contributed by atoms with Crippen molar-refractivity contribution in [2.24, 2.45) is 0 Å². The van der Waals surface area contributed by atoms with E-state index in [4.69, 9.17) is 28.2 Å². The van der Waals surface area contributed by atoms with Crippen LogP contribution in [0.25, 0.3) is 16.6 Å². The van der Waals surface area contributed by atoms with Gasteiger partial charge >= 0.3 is 0 Å². The van der Waals surface area contributed by atoms with Crippen LogP contribution in [0, 0.1) is 0 Å². The molecule has 4 aromatic rings. The first-order valence-corrected chi connectivity index (χ1v) is 12.0. The first-order valence-electron chi connectivity index (χ1n) is 11.2. The Morgan fingerprint density at radius 2 is 1.59 bits per heavy atom. The van der Waals surface area contributed by atoms with E-state index in [1.165, 1.54) is 0 Å². The average molecular weight is 494 g/mol. The van der Waals surface area contributed by atoms with E-state index in [0.717, 1.165) is 12.8 Å². The van der Waals surface area contributed by atoms with Gasteiger partial charge in [-0.15, -0.1) is 0 Å². The van der Waals surface area contributed by atoms with E-state index in [9.17, 15) is 9.59 Å². The third-order valence-electron chi connectivity index (χ3n) is 5.83. The number of nitrogens with zero attached hydrogens (tertiary/aromatic N) is 3. The first kappa shape index (κ1) is 24.0. The van der Waals surface area contributed by atoms with Crippen LogP contribution in [0.2, 0.25) is 10.0 Å². The van der Waals surface area contributed by atoms with Crippen LogP contribution in [-0.4, -0.2) is 26.9 Å². The minimum Gasteiger partial charge on any atom is -0.329 e. The van der Waals surface area contributed by atoms with E-state index in [2.05, 4.69) is 6.92 Å². The molecule has 1 heterocycles. The van der Waals surface area contributed by atoms with Gasteiger partial charge < -0.3 is 4.90 Å². The van der Waals surface area contributed by atoms with Gasteiger partial charge in [0.2, 0.25) is 0 Å². The predicted octanol–water partition coefficient (Wildman–Crippen LogP) is 6.70. The molecule has 1 unspecified atom stereocenters. The van der Waals surface area contributed by atoms with Crippen LogP contribution in [0.3, 0.4) is 0 Å². The topological polar surface area (TPSA) is 55.2 Å². The van der Waals surface area contributed by atoms with Crippen LogP contribution < -0.4 is 5.56 Å². The second-order valence-corrected chi connectivity index (χ2v) is 9.01. The Hall–Kier alpha value is -3.15. The number of para-hydroxylation sites is 1. The molecule has 0 N–H and O–H groups in total. The highest BCUT2D eigenvalue weighted by atomic mass is 35.5. The summed E-state index contributed by atoms with van der Waals surface area (Å²) in [6, 6.07) is 20.7. The van der Waals surface area contributed by atoms with Gasteiger partial charge in [-0.3, -0.25) is 14.2 Å². The molecule has 0 saturated heterocycles. The standard InChI is InChI=1S/C27H25Cl2N3O2/c1-3-4-17-31(26(33)19-9-11-20(28)12-10-19)18(2)25-30-24-8-6-5-7-23(24)27(34)32(25)22-15-13-21(29)14-16-22/h5-16,18H,3-4,17H2,1-2H3. The van der Waals surface area contributed by atoms with Gasteiger partial charge in [0.1, 0.15) is 5.82 Å². The van der Waals surface area contributed by atoms with Crippen LogP contribution in [0.4, 0.5) is 0 Å². The summed E-state index contributed by atoms with van der Waals surface area (Å²) in [6.45, 7) is 4.52. The number of halogens is 2. The lowest BCUT2D eigenvalue weighted by Crippen LogP contribution is -2.38. The molecule has 4 rings (SSSR count). The van der Waals surface area contributed by atoms with Crippen molar-refractivity contribution in [1.82, 2.24) is 14.5 Å². The highest BCUT2D eigenvalue weighted by molar-refractivity contribution is 6.30. The Kier molecular flexibility index (Phi) is 7.35. The zero-order valence-electron chi connectivity index (χ0n) is 19.0. The number of unbranched alkanes of at least 4 members (excludes halogenated alkanes) is 1. The van der Waals surface area contributed by atoms with Crippen LogP contribution in [0.15, 0.2) is 77.6 Å². The molecule has 0 fully saturated rings. The Morgan fingerprint density at radius 1 is 0.971 bits per heavy atom. The third-order valence-corrected chi connectivity index (χ3v) is 6.34. The second-order valence-electron chi connectivity index (χ2n) is 8.14. The van der Waals surface area contributed by atoms with Gasteiger partial charge in [-0.25, -0.2) is 4.98 Å². The summed E-state index contributed by atoms with van der Waals surface area (Å²) < 4.78 is 1.58. The van der Waals surface area contributed by atoms with Crippen molar-refractivity contribution in [3.8, 4) is 5.69 Å². The van der Waals surface area contributed by atoms with E-state index < -0.39 is 6.04 Å². The Bertz CT molecular complexity index is 1370.